The minimum absolute atomic E-state index is 0.0691. The van der Waals surface area contributed by atoms with Crippen molar-refractivity contribution in [2.24, 2.45) is 35.5 Å². The molecule has 0 bridgehead atoms. The van der Waals surface area contributed by atoms with Gasteiger partial charge in [0.25, 0.3) is 0 Å². The first-order valence-electron chi connectivity index (χ1n) is 9.17. The second kappa shape index (κ2) is 7.00. The van der Waals surface area contributed by atoms with Crippen LogP contribution in [0.5, 0.6) is 0 Å². The van der Waals surface area contributed by atoms with Crippen LogP contribution in [0.4, 0.5) is 0 Å². The van der Waals surface area contributed by atoms with E-state index in [0.29, 0.717) is 24.1 Å². The average molecular weight is 336 g/mol. The summed E-state index contributed by atoms with van der Waals surface area (Å²) < 4.78 is 0. The zero-order valence-electron chi connectivity index (χ0n) is 14.3. The van der Waals surface area contributed by atoms with Crippen LogP contribution < -0.4 is 0 Å². The van der Waals surface area contributed by atoms with Crippen molar-refractivity contribution in [3.05, 3.63) is 12.2 Å². The lowest BCUT2D eigenvalue weighted by atomic mass is 9.89. The van der Waals surface area contributed by atoms with E-state index in [2.05, 4.69) is 38.6 Å². The predicted octanol–water partition coefficient (Wildman–Crippen LogP) is 3.56. The molecule has 3 fully saturated rings. The molecule has 0 aromatic heterocycles. The van der Waals surface area contributed by atoms with Crippen LogP contribution in [0.25, 0.3) is 0 Å². The second-order valence-corrected chi connectivity index (χ2v) is 8.34. The number of amides is 2. The zero-order valence-corrected chi connectivity index (χ0v) is 15.2. The predicted molar refractivity (Wildman–Crippen MR) is 95.1 cm³/mol. The fourth-order valence-corrected chi connectivity index (χ4v) is 5.06. The number of nitrogens with zero attached hydrogens (tertiary/aromatic N) is 1. The molecular formula is C19H29NO2S. The van der Waals surface area contributed by atoms with Gasteiger partial charge in [0.15, 0.2) is 0 Å². The summed E-state index contributed by atoms with van der Waals surface area (Å²) in [5.41, 5.74) is 0. The molecule has 1 heterocycles. The van der Waals surface area contributed by atoms with Crippen LogP contribution in [-0.4, -0.2) is 29.0 Å². The lowest BCUT2D eigenvalue weighted by molar-refractivity contribution is -0.140. The van der Waals surface area contributed by atoms with Gasteiger partial charge in [0.05, 0.1) is 11.8 Å². The molecule has 6 atom stereocenters. The fourth-order valence-electron chi connectivity index (χ4n) is 4.92. The maximum absolute atomic E-state index is 12.8. The highest BCUT2D eigenvalue weighted by molar-refractivity contribution is 7.80. The van der Waals surface area contributed by atoms with Gasteiger partial charge in [0, 0.05) is 6.54 Å². The maximum atomic E-state index is 12.8. The van der Waals surface area contributed by atoms with Gasteiger partial charge in [-0.2, -0.15) is 12.6 Å². The van der Waals surface area contributed by atoms with Crippen molar-refractivity contribution >= 4 is 24.4 Å². The molecule has 128 valence electrons. The normalized spacial score (nSPS) is 40.6. The van der Waals surface area contributed by atoms with E-state index in [9.17, 15) is 9.59 Å². The summed E-state index contributed by atoms with van der Waals surface area (Å²) in [6.45, 7) is 4.99. The minimum Gasteiger partial charge on any atom is -0.282 e. The number of rotatable bonds is 5. The smallest absolute Gasteiger partial charge is 0.233 e. The third-order valence-electron chi connectivity index (χ3n) is 6.11. The van der Waals surface area contributed by atoms with Gasteiger partial charge in [-0.15, -0.1) is 0 Å². The molecule has 1 aliphatic heterocycles. The van der Waals surface area contributed by atoms with Gasteiger partial charge < -0.3 is 0 Å². The van der Waals surface area contributed by atoms with Crippen molar-refractivity contribution in [1.29, 1.82) is 0 Å². The lowest BCUT2D eigenvalue weighted by Crippen LogP contribution is -2.34. The molecule has 23 heavy (non-hydrogen) atoms. The first kappa shape index (κ1) is 17.1. The Morgan fingerprint density at radius 2 is 1.83 bits per heavy atom. The van der Waals surface area contributed by atoms with E-state index in [-0.39, 0.29) is 29.6 Å². The van der Waals surface area contributed by atoms with E-state index >= 15 is 0 Å². The molecule has 0 spiro atoms. The molecule has 2 saturated carbocycles. The summed E-state index contributed by atoms with van der Waals surface area (Å²) in [6, 6.07) is 0. The number of imide groups is 1. The van der Waals surface area contributed by atoms with Crippen LogP contribution in [0.3, 0.4) is 0 Å². The highest BCUT2D eigenvalue weighted by Gasteiger charge is 2.56. The van der Waals surface area contributed by atoms with Crippen LogP contribution in [0.1, 0.15) is 46.0 Å². The first-order chi connectivity index (χ1) is 11.0. The van der Waals surface area contributed by atoms with Gasteiger partial charge in [-0.1, -0.05) is 32.4 Å². The number of fused-ring (bicyclic) bond motifs is 1. The number of hydrogen-bond acceptors (Lipinski definition) is 3. The highest BCUT2D eigenvalue weighted by Crippen LogP contribution is 2.48. The summed E-state index contributed by atoms with van der Waals surface area (Å²) in [4.78, 5) is 26.9. The topological polar surface area (TPSA) is 37.4 Å². The molecule has 1 saturated heterocycles. The van der Waals surface area contributed by atoms with Gasteiger partial charge in [-0.3, -0.25) is 14.5 Å². The molecule has 6 unspecified atom stereocenters. The van der Waals surface area contributed by atoms with Crippen molar-refractivity contribution in [3.8, 4) is 0 Å². The lowest BCUT2D eigenvalue weighted by Gasteiger charge is -2.18. The van der Waals surface area contributed by atoms with Gasteiger partial charge in [0.1, 0.15) is 0 Å². The third-order valence-corrected chi connectivity index (χ3v) is 6.43. The summed E-state index contributed by atoms with van der Waals surface area (Å²) >= 11 is 4.20. The number of carbonyl (C=O) groups is 2. The van der Waals surface area contributed by atoms with E-state index in [1.54, 1.807) is 0 Å². The van der Waals surface area contributed by atoms with Gasteiger partial charge >= 0.3 is 0 Å². The molecule has 0 aromatic rings. The minimum atomic E-state index is -0.104. The fraction of sp³-hybridized carbons (Fsp3) is 0.789. The van der Waals surface area contributed by atoms with Gasteiger partial charge in [0.2, 0.25) is 11.8 Å². The zero-order chi connectivity index (χ0) is 16.6. The number of hydrogen-bond donors (Lipinski definition) is 1. The summed E-state index contributed by atoms with van der Waals surface area (Å²) in [7, 11) is 0. The van der Waals surface area contributed by atoms with Crippen molar-refractivity contribution in [1.82, 2.24) is 4.90 Å². The van der Waals surface area contributed by atoms with E-state index in [1.165, 1.54) is 24.2 Å². The van der Waals surface area contributed by atoms with E-state index in [4.69, 9.17) is 0 Å². The first-order valence-corrected chi connectivity index (χ1v) is 9.80. The molecule has 0 N–H and O–H groups in total. The Kier molecular flexibility index (Phi) is 5.19. The summed E-state index contributed by atoms with van der Waals surface area (Å²) in [5.74, 6) is 2.73. The third kappa shape index (κ3) is 3.24. The van der Waals surface area contributed by atoms with Crippen molar-refractivity contribution in [2.45, 2.75) is 46.0 Å². The second-order valence-electron chi connectivity index (χ2n) is 7.90. The number of carbonyl (C=O) groups excluding carboxylic acids is 2. The molecule has 0 radical (unpaired) electrons. The molecule has 3 aliphatic rings. The molecule has 0 aromatic carbocycles. The molecule has 3 rings (SSSR count). The Balaban J connectivity index is 1.70. The Bertz CT molecular complexity index is 504. The standard InChI is InChI=1S/C19H29NO2S/c1-12-4-5-14(10-12)6-7-15-11-13(2)16-17(15)19(22)20(18(16)21)8-3-9-23/h6-7,12-17,23H,3-5,8-11H2,1-2H3/b7-6+. The summed E-state index contributed by atoms with van der Waals surface area (Å²) in [6.07, 6.45) is 10.2. The van der Waals surface area contributed by atoms with Crippen LogP contribution in [0.2, 0.25) is 0 Å². The maximum Gasteiger partial charge on any atom is 0.233 e. The Morgan fingerprint density at radius 3 is 2.48 bits per heavy atom. The number of thiol groups is 1. The average Bonchev–Trinajstić information content (AvgIpc) is 3.14. The van der Waals surface area contributed by atoms with E-state index in [0.717, 1.165) is 18.8 Å². The molecule has 2 aliphatic carbocycles. The van der Waals surface area contributed by atoms with E-state index < -0.39 is 0 Å². The quantitative estimate of drug-likeness (QED) is 0.474. The van der Waals surface area contributed by atoms with Crippen molar-refractivity contribution < 1.29 is 9.59 Å². The van der Waals surface area contributed by atoms with Crippen LogP contribution >= 0.6 is 12.6 Å². The van der Waals surface area contributed by atoms with Gasteiger partial charge in [-0.25, -0.2) is 0 Å². The Hall–Kier alpha value is -0.770. The van der Waals surface area contributed by atoms with E-state index in [1.807, 2.05) is 0 Å². The monoisotopic (exact) mass is 335 g/mol. The molecule has 3 nitrogen and oxygen atoms in total. The van der Waals surface area contributed by atoms with Crippen molar-refractivity contribution in [3.63, 3.8) is 0 Å². The van der Waals surface area contributed by atoms with Gasteiger partial charge in [-0.05, 0) is 55.1 Å². The largest absolute Gasteiger partial charge is 0.282 e. The molecular weight excluding hydrogens is 306 g/mol. The molecule has 2 amide bonds. The van der Waals surface area contributed by atoms with Crippen LogP contribution in [-0.2, 0) is 9.59 Å². The highest BCUT2D eigenvalue weighted by atomic mass is 32.1. The number of allylic oxidation sites excluding steroid dienone is 2. The Morgan fingerprint density at radius 1 is 1.09 bits per heavy atom. The Labute approximate surface area is 145 Å². The number of likely N-dealkylation sites (tertiary alicyclic amines) is 1. The van der Waals surface area contributed by atoms with Crippen molar-refractivity contribution in [2.75, 3.05) is 12.3 Å². The van der Waals surface area contributed by atoms with Crippen LogP contribution in [0.15, 0.2) is 12.2 Å². The summed E-state index contributed by atoms with van der Waals surface area (Å²) in [5, 5.41) is 0. The molecule has 4 heteroatoms. The SMILES string of the molecule is CC1CCC(/C=C/C2CC(C)C3C(=O)N(CCCS)C(=O)C23)C1. The van der Waals surface area contributed by atoms with Crippen LogP contribution in [0, 0.1) is 35.5 Å².